The Morgan fingerprint density at radius 2 is 1.84 bits per heavy atom. The highest BCUT2D eigenvalue weighted by Gasteiger charge is 2.09. The number of carbonyl (C=O) groups is 1. The van der Waals surface area contributed by atoms with Crippen LogP contribution in [0.4, 0.5) is 0 Å². The Balaban J connectivity index is 1.97. The van der Waals surface area contributed by atoms with Crippen LogP contribution < -0.4 is 9.54 Å². The topological polar surface area (TPSA) is 43.6 Å². The number of thiazole rings is 1. The Kier molecular flexibility index (Phi) is 4.77. The number of hydrogen-bond donors (Lipinski definition) is 0. The van der Waals surface area contributed by atoms with Gasteiger partial charge in [0.1, 0.15) is 5.75 Å². The molecule has 1 amide bonds. The summed E-state index contributed by atoms with van der Waals surface area (Å²) in [7, 11) is 1.95. The second-order valence-electron chi connectivity index (χ2n) is 6.48. The van der Waals surface area contributed by atoms with Crippen LogP contribution in [-0.4, -0.2) is 16.6 Å². The summed E-state index contributed by atoms with van der Waals surface area (Å²) in [5.41, 5.74) is 4.08. The SMILES string of the molecule is Cc1cc(C)c2sc(=NC(=O)c3ccc(OC(C)C)cc3)n(C)c2c1. The molecule has 2 aromatic carbocycles. The lowest BCUT2D eigenvalue weighted by Crippen LogP contribution is -2.13. The zero-order chi connectivity index (χ0) is 18.1. The fourth-order valence-corrected chi connectivity index (χ4v) is 3.84. The average Bonchev–Trinajstić information content (AvgIpc) is 2.84. The molecule has 0 saturated heterocycles. The lowest BCUT2D eigenvalue weighted by atomic mass is 10.1. The van der Waals surface area contributed by atoms with E-state index in [0.717, 1.165) is 11.3 Å². The molecule has 0 radical (unpaired) electrons. The molecule has 0 aliphatic heterocycles. The highest BCUT2D eigenvalue weighted by Crippen LogP contribution is 2.22. The van der Waals surface area contributed by atoms with Crippen LogP contribution in [0.3, 0.4) is 0 Å². The van der Waals surface area contributed by atoms with Gasteiger partial charge in [-0.25, -0.2) is 0 Å². The minimum Gasteiger partial charge on any atom is -0.491 e. The molecule has 3 rings (SSSR count). The summed E-state index contributed by atoms with van der Waals surface area (Å²) in [5.74, 6) is 0.512. The van der Waals surface area contributed by atoms with Crippen LogP contribution in [0.2, 0.25) is 0 Å². The molecule has 0 aliphatic carbocycles. The zero-order valence-electron chi connectivity index (χ0n) is 15.2. The summed E-state index contributed by atoms with van der Waals surface area (Å²) in [4.78, 5) is 17.5. The number of ether oxygens (including phenoxy) is 1. The predicted molar refractivity (Wildman–Crippen MR) is 102 cm³/mol. The van der Waals surface area contributed by atoms with Crippen LogP contribution in [0.1, 0.15) is 35.3 Å². The second-order valence-corrected chi connectivity index (χ2v) is 7.46. The second kappa shape index (κ2) is 6.84. The Labute approximate surface area is 151 Å². The van der Waals surface area contributed by atoms with E-state index in [1.807, 2.05) is 25.5 Å². The van der Waals surface area contributed by atoms with Gasteiger partial charge in [-0.2, -0.15) is 4.99 Å². The molecule has 4 nitrogen and oxygen atoms in total. The predicted octanol–water partition coefficient (Wildman–Crippen LogP) is 4.38. The van der Waals surface area contributed by atoms with E-state index in [2.05, 4.69) is 31.0 Å². The number of aryl methyl sites for hydroxylation is 3. The number of hydrogen-bond acceptors (Lipinski definition) is 3. The number of fused-ring (bicyclic) bond motifs is 1. The Morgan fingerprint density at radius 3 is 2.48 bits per heavy atom. The molecule has 0 spiro atoms. The minimum atomic E-state index is -0.243. The van der Waals surface area contributed by atoms with Crippen molar-refractivity contribution in [1.82, 2.24) is 4.57 Å². The van der Waals surface area contributed by atoms with Crippen LogP contribution in [0.5, 0.6) is 5.75 Å². The standard InChI is InChI=1S/C20H22N2O2S/c1-12(2)24-16-8-6-15(7-9-16)19(23)21-20-22(5)17-11-13(3)10-14(4)18(17)25-20/h6-12H,1-5H3. The lowest BCUT2D eigenvalue weighted by molar-refractivity contribution is 0.0998. The van der Waals surface area contributed by atoms with Gasteiger partial charge in [-0.05, 0) is 69.2 Å². The third-order valence-corrected chi connectivity index (χ3v) is 5.19. The molecule has 3 aromatic rings. The van der Waals surface area contributed by atoms with Gasteiger partial charge in [-0.1, -0.05) is 17.4 Å². The van der Waals surface area contributed by atoms with E-state index in [4.69, 9.17) is 4.74 Å². The maximum Gasteiger partial charge on any atom is 0.279 e. The molecule has 0 N–H and O–H groups in total. The number of aromatic nitrogens is 1. The summed E-state index contributed by atoms with van der Waals surface area (Å²) >= 11 is 1.54. The number of carbonyl (C=O) groups excluding carboxylic acids is 1. The molecule has 25 heavy (non-hydrogen) atoms. The van der Waals surface area contributed by atoms with E-state index in [-0.39, 0.29) is 12.0 Å². The molecular formula is C20H22N2O2S. The molecule has 0 aliphatic rings. The highest BCUT2D eigenvalue weighted by atomic mass is 32.1. The van der Waals surface area contributed by atoms with Crippen LogP contribution >= 0.6 is 11.3 Å². The van der Waals surface area contributed by atoms with Gasteiger partial charge in [-0.3, -0.25) is 4.79 Å². The van der Waals surface area contributed by atoms with Crippen molar-refractivity contribution < 1.29 is 9.53 Å². The molecule has 0 atom stereocenters. The van der Waals surface area contributed by atoms with Crippen molar-refractivity contribution in [3.63, 3.8) is 0 Å². The van der Waals surface area contributed by atoms with E-state index >= 15 is 0 Å². The zero-order valence-corrected chi connectivity index (χ0v) is 16.0. The number of amides is 1. The van der Waals surface area contributed by atoms with Gasteiger partial charge in [0, 0.05) is 12.6 Å². The fraction of sp³-hybridized carbons (Fsp3) is 0.300. The lowest BCUT2D eigenvalue weighted by Gasteiger charge is -2.09. The maximum absolute atomic E-state index is 12.5. The molecule has 5 heteroatoms. The van der Waals surface area contributed by atoms with E-state index in [9.17, 15) is 4.79 Å². The van der Waals surface area contributed by atoms with Crippen molar-refractivity contribution in [2.75, 3.05) is 0 Å². The number of rotatable bonds is 3. The number of nitrogens with zero attached hydrogens (tertiary/aromatic N) is 2. The molecule has 130 valence electrons. The molecule has 0 unspecified atom stereocenters. The van der Waals surface area contributed by atoms with E-state index in [1.54, 1.807) is 35.6 Å². The number of benzene rings is 2. The van der Waals surface area contributed by atoms with E-state index in [1.165, 1.54) is 15.8 Å². The summed E-state index contributed by atoms with van der Waals surface area (Å²) in [6, 6.07) is 11.4. The van der Waals surface area contributed by atoms with Crippen molar-refractivity contribution in [3.8, 4) is 5.75 Å². The Bertz CT molecular complexity index is 995. The average molecular weight is 354 g/mol. The van der Waals surface area contributed by atoms with Gasteiger partial charge in [0.15, 0.2) is 4.80 Å². The van der Waals surface area contributed by atoms with Crippen LogP contribution in [-0.2, 0) is 7.05 Å². The van der Waals surface area contributed by atoms with Crippen molar-refractivity contribution in [3.05, 3.63) is 57.9 Å². The normalized spacial score (nSPS) is 12.2. The first-order valence-electron chi connectivity index (χ1n) is 8.27. The fourth-order valence-electron chi connectivity index (χ4n) is 2.77. The van der Waals surface area contributed by atoms with Gasteiger partial charge in [-0.15, -0.1) is 0 Å². The van der Waals surface area contributed by atoms with Gasteiger partial charge in [0.25, 0.3) is 5.91 Å². The monoisotopic (exact) mass is 354 g/mol. The van der Waals surface area contributed by atoms with Gasteiger partial charge >= 0.3 is 0 Å². The van der Waals surface area contributed by atoms with E-state index in [0.29, 0.717) is 10.4 Å². The Hall–Kier alpha value is -2.40. The van der Waals surface area contributed by atoms with E-state index < -0.39 is 0 Å². The first-order valence-corrected chi connectivity index (χ1v) is 9.09. The summed E-state index contributed by atoms with van der Waals surface area (Å²) in [6.07, 6.45) is 0.107. The largest absolute Gasteiger partial charge is 0.491 e. The summed E-state index contributed by atoms with van der Waals surface area (Å²) in [6.45, 7) is 8.11. The van der Waals surface area contributed by atoms with Crippen molar-refractivity contribution >= 4 is 27.5 Å². The van der Waals surface area contributed by atoms with Crippen molar-refractivity contribution in [2.45, 2.75) is 33.8 Å². The Morgan fingerprint density at radius 1 is 1.16 bits per heavy atom. The third kappa shape index (κ3) is 3.66. The minimum absolute atomic E-state index is 0.107. The highest BCUT2D eigenvalue weighted by molar-refractivity contribution is 7.16. The molecular weight excluding hydrogens is 332 g/mol. The quantitative estimate of drug-likeness (QED) is 0.700. The third-order valence-electron chi connectivity index (χ3n) is 3.91. The maximum atomic E-state index is 12.5. The van der Waals surface area contributed by atoms with Crippen LogP contribution in [0.25, 0.3) is 10.2 Å². The first kappa shape index (κ1) is 17.4. The van der Waals surface area contributed by atoms with Gasteiger partial charge in [0.05, 0.1) is 16.3 Å². The molecule has 1 aromatic heterocycles. The molecule has 0 bridgehead atoms. The van der Waals surface area contributed by atoms with Crippen LogP contribution in [0.15, 0.2) is 41.4 Å². The van der Waals surface area contributed by atoms with Crippen molar-refractivity contribution in [2.24, 2.45) is 12.0 Å². The molecule has 0 saturated carbocycles. The first-order chi connectivity index (χ1) is 11.8. The molecule has 0 fully saturated rings. The van der Waals surface area contributed by atoms with Gasteiger partial charge < -0.3 is 9.30 Å². The van der Waals surface area contributed by atoms with Crippen molar-refractivity contribution in [1.29, 1.82) is 0 Å². The summed E-state index contributed by atoms with van der Waals surface area (Å²) in [5, 5.41) is 0. The smallest absolute Gasteiger partial charge is 0.279 e. The van der Waals surface area contributed by atoms with Gasteiger partial charge in [0.2, 0.25) is 0 Å². The van der Waals surface area contributed by atoms with Crippen LogP contribution in [0, 0.1) is 13.8 Å². The molecule has 1 heterocycles. The summed E-state index contributed by atoms with van der Waals surface area (Å²) < 4.78 is 8.75.